The minimum atomic E-state index is -3.64. The Balaban J connectivity index is 2.10. The topological polar surface area (TPSA) is 80.5 Å². The number of benzene rings is 1. The van der Waals surface area contributed by atoms with Crippen molar-refractivity contribution in [1.29, 1.82) is 0 Å². The van der Waals surface area contributed by atoms with Crippen molar-refractivity contribution in [1.82, 2.24) is 4.31 Å². The van der Waals surface area contributed by atoms with E-state index >= 15 is 0 Å². The maximum absolute atomic E-state index is 12.1. The lowest BCUT2D eigenvalue weighted by atomic mass is 10.2. The Kier molecular flexibility index (Phi) is 2.01. The molecular weight excluding hydrogens is 240 g/mol. The summed E-state index contributed by atoms with van der Waals surface area (Å²) in [4.78, 5) is 12.1. The first-order valence-corrected chi connectivity index (χ1v) is 6.91. The van der Waals surface area contributed by atoms with Crippen LogP contribution >= 0.6 is 0 Å². The van der Waals surface area contributed by atoms with Crippen molar-refractivity contribution >= 4 is 21.6 Å². The van der Waals surface area contributed by atoms with Crippen LogP contribution in [0, 0.1) is 5.92 Å². The highest BCUT2D eigenvalue weighted by atomic mass is 32.2. The number of nitrogen functional groups attached to an aromatic ring is 1. The third-order valence-electron chi connectivity index (χ3n) is 3.15. The van der Waals surface area contributed by atoms with E-state index in [0.717, 1.165) is 17.1 Å². The summed E-state index contributed by atoms with van der Waals surface area (Å²) in [7, 11) is -3.64. The fraction of sp³-hybridized carbons (Fsp3) is 0.364. The van der Waals surface area contributed by atoms with Gasteiger partial charge < -0.3 is 5.73 Å². The summed E-state index contributed by atoms with van der Waals surface area (Å²) >= 11 is 0. The third kappa shape index (κ3) is 1.51. The highest BCUT2D eigenvalue weighted by molar-refractivity contribution is 7.90. The molecule has 1 aliphatic heterocycles. The Labute approximate surface area is 99.3 Å². The molecule has 1 saturated carbocycles. The van der Waals surface area contributed by atoms with E-state index in [1.165, 1.54) is 18.2 Å². The molecule has 0 saturated heterocycles. The number of hydrogen-bond acceptors (Lipinski definition) is 4. The Bertz CT molecular complexity index is 605. The van der Waals surface area contributed by atoms with Crippen LogP contribution in [0.2, 0.25) is 0 Å². The lowest BCUT2D eigenvalue weighted by Gasteiger charge is -2.13. The van der Waals surface area contributed by atoms with Crippen LogP contribution in [0.15, 0.2) is 23.1 Å². The first-order valence-electron chi connectivity index (χ1n) is 5.47. The Hall–Kier alpha value is -1.56. The number of carbonyl (C=O) groups excluding carboxylic acids is 1. The van der Waals surface area contributed by atoms with Crippen molar-refractivity contribution in [3.8, 4) is 0 Å². The van der Waals surface area contributed by atoms with Gasteiger partial charge in [0.25, 0.3) is 15.9 Å². The van der Waals surface area contributed by atoms with Gasteiger partial charge in [-0.2, -0.15) is 0 Å². The van der Waals surface area contributed by atoms with Gasteiger partial charge in [-0.25, -0.2) is 12.7 Å². The summed E-state index contributed by atoms with van der Waals surface area (Å²) in [5.74, 6) is -0.111. The van der Waals surface area contributed by atoms with Gasteiger partial charge in [0.1, 0.15) is 4.90 Å². The first-order chi connectivity index (χ1) is 8.00. The van der Waals surface area contributed by atoms with Crippen LogP contribution in [0.3, 0.4) is 0 Å². The third-order valence-corrected chi connectivity index (χ3v) is 4.96. The van der Waals surface area contributed by atoms with Gasteiger partial charge in [0.2, 0.25) is 0 Å². The normalized spacial score (nSPS) is 21.6. The van der Waals surface area contributed by atoms with E-state index in [1.807, 2.05) is 0 Å². The number of sulfonamides is 1. The van der Waals surface area contributed by atoms with E-state index in [0.29, 0.717) is 18.2 Å². The summed E-state index contributed by atoms with van der Waals surface area (Å²) in [6.45, 7) is 0.301. The maximum Gasteiger partial charge on any atom is 0.269 e. The summed E-state index contributed by atoms with van der Waals surface area (Å²) in [6, 6.07) is 4.34. The molecule has 0 atom stereocenters. The number of rotatable bonds is 2. The van der Waals surface area contributed by atoms with E-state index in [-0.39, 0.29) is 10.5 Å². The van der Waals surface area contributed by atoms with E-state index in [9.17, 15) is 13.2 Å². The zero-order valence-electron chi connectivity index (χ0n) is 9.09. The molecule has 3 rings (SSSR count). The van der Waals surface area contributed by atoms with Crippen molar-refractivity contribution in [3.63, 3.8) is 0 Å². The van der Waals surface area contributed by atoms with Crippen LogP contribution in [0.5, 0.6) is 0 Å². The van der Waals surface area contributed by atoms with Gasteiger partial charge >= 0.3 is 0 Å². The summed E-state index contributed by atoms with van der Waals surface area (Å²) in [5, 5.41) is 0. The minimum absolute atomic E-state index is 0.0809. The summed E-state index contributed by atoms with van der Waals surface area (Å²) < 4.78 is 25.2. The van der Waals surface area contributed by atoms with Gasteiger partial charge in [0.05, 0.1) is 5.56 Å². The number of hydrogen-bond donors (Lipinski definition) is 1. The van der Waals surface area contributed by atoms with E-state index in [2.05, 4.69) is 0 Å². The molecule has 0 bridgehead atoms. The molecule has 1 aromatic rings. The van der Waals surface area contributed by atoms with Crippen LogP contribution in [-0.4, -0.2) is 25.2 Å². The molecule has 1 fully saturated rings. The highest BCUT2D eigenvalue weighted by Gasteiger charge is 2.43. The van der Waals surface area contributed by atoms with Crippen LogP contribution < -0.4 is 5.73 Å². The molecule has 0 unspecified atom stereocenters. The smallest absolute Gasteiger partial charge is 0.269 e. The molecular formula is C11H12N2O3S. The average molecular weight is 252 g/mol. The zero-order valence-corrected chi connectivity index (χ0v) is 9.90. The first kappa shape index (κ1) is 10.6. The molecule has 90 valence electrons. The molecule has 0 spiro atoms. The van der Waals surface area contributed by atoms with Crippen LogP contribution in [0.4, 0.5) is 5.69 Å². The fourth-order valence-electron chi connectivity index (χ4n) is 2.02. The molecule has 1 aliphatic carbocycles. The fourth-order valence-corrected chi connectivity index (χ4v) is 3.64. The number of nitrogens with two attached hydrogens (primary N) is 1. The predicted octanol–water partition coefficient (Wildman–Crippen LogP) is 0.823. The Morgan fingerprint density at radius 1 is 1.35 bits per heavy atom. The van der Waals surface area contributed by atoms with Gasteiger partial charge in [-0.15, -0.1) is 0 Å². The van der Waals surface area contributed by atoms with Crippen molar-refractivity contribution in [2.75, 3.05) is 12.3 Å². The van der Waals surface area contributed by atoms with Gasteiger partial charge in [-0.05, 0) is 37.0 Å². The van der Waals surface area contributed by atoms with E-state index in [4.69, 9.17) is 5.73 Å². The van der Waals surface area contributed by atoms with Crippen molar-refractivity contribution < 1.29 is 13.2 Å². The average Bonchev–Trinajstić information content (AvgIpc) is 3.05. The zero-order chi connectivity index (χ0) is 12.2. The largest absolute Gasteiger partial charge is 0.399 e. The molecule has 1 aromatic carbocycles. The van der Waals surface area contributed by atoms with Gasteiger partial charge in [0.15, 0.2) is 0 Å². The molecule has 2 N–H and O–H groups in total. The van der Waals surface area contributed by atoms with Crippen molar-refractivity contribution in [3.05, 3.63) is 23.8 Å². The number of nitrogens with zero attached hydrogens (tertiary/aromatic N) is 1. The van der Waals surface area contributed by atoms with Gasteiger partial charge in [-0.3, -0.25) is 4.79 Å². The standard InChI is InChI=1S/C11H12N2O3S/c12-8-3-4-10-9(5-8)11(14)13(17(10,15)16)6-7-1-2-7/h3-5,7H,1-2,6,12H2. The molecule has 2 aliphatic rings. The second-order valence-corrected chi connectivity index (χ2v) is 6.37. The van der Waals surface area contributed by atoms with E-state index < -0.39 is 15.9 Å². The molecule has 0 aromatic heterocycles. The molecule has 6 heteroatoms. The number of fused-ring (bicyclic) bond motifs is 1. The van der Waals surface area contributed by atoms with E-state index in [1.54, 1.807) is 0 Å². The minimum Gasteiger partial charge on any atom is -0.399 e. The van der Waals surface area contributed by atoms with Crippen molar-refractivity contribution in [2.45, 2.75) is 17.7 Å². The SMILES string of the molecule is Nc1ccc2c(c1)C(=O)N(CC1CC1)S2(=O)=O. The lowest BCUT2D eigenvalue weighted by Crippen LogP contribution is -2.31. The Morgan fingerprint density at radius 3 is 2.71 bits per heavy atom. The number of carbonyl (C=O) groups is 1. The van der Waals surface area contributed by atoms with Crippen LogP contribution in [0.25, 0.3) is 0 Å². The molecule has 17 heavy (non-hydrogen) atoms. The number of anilines is 1. The second kappa shape index (κ2) is 3.22. The predicted molar refractivity (Wildman–Crippen MR) is 61.8 cm³/mol. The van der Waals surface area contributed by atoms with Crippen LogP contribution in [-0.2, 0) is 10.0 Å². The second-order valence-electron chi connectivity index (χ2n) is 4.54. The monoisotopic (exact) mass is 252 g/mol. The maximum atomic E-state index is 12.1. The van der Waals surface area contributed by atoms with Gasteiger partial charge in [-0.1, -0.05) is 0 Å². The Morgan fingerprint density at radius 2 is 2.06 bits per heavy atom. The lowest BCUT2D eigenvalue weighted by molar-refractivity contribution is 0.0867. The quantitative estimate of drug-likeness (QED) is 0.790. The molecule has 1 amide bonds. The molecule has 0 radical (unpaired) electrons. The summed E-state index contributed by atoms with van der Waals surface area (Å²) in [5.41, 5.74) is 6.18. The molecule has 1 heterocycles. The van der Waals surface area contributed by atoms with Gasteiger partial charge in [0, 0.05) is 12.2 Å². The molecule has 5 nitrogen and oxygen atoms in total. The highest BCUT2D eigenvalue weighted by Crippen LogP contribution is 2.36. The van der Waals surface area contributed by atoms with Crippen LogP contribution in [0.1, 0.15) is 23.2 Å². The number of amides is 1. The summed E-state index contributed by atoms with van der Waals surface area (Å²) in [6.07, 6.45) is 2.00. The van der Waals surface area contributed by atoms with Crippen molar-refractivity contribution in [2.24, 2.45) is 5.92 Å².